The zero-order chi connectivity index (χ0) is 15.2. The maximum absolute atomic E-state index is 11.9. The van der Waals surface area contributed by atoms with Crippen molar-refractivity contribution in [1.82, 2.24) is 5.32 Å². The van der Waals surface area contributed by atoms with Gasteiger partial charge in [-0.25, -0.2) is 0 Å². The van der Waals surface area contributed by atoms with Crippen LogP contribution >= 0.6 is 0 Å². The van der Waals surface area contributed by atoms with Gasteiger partial charge < -0.3 is 10.4 Å². The number of hydrogen-bond acceptors (Lipinski definition) is 2. The lowest BCUT2D eigenvalue weighted by molar-refractivity contribution is -0.153. The molecule has 0 heterocycles. The third-order valence-electron chi connectivity index (χ3n) is 3.87. The van der Waals surface area contributed by atoms with E-state index < -0.39 is 11.4 Å². The van der Waals surface area contributed by atoms with Gasteiger partial charge in [-0.1, -0.05) is 44.2 Å². The zero-order valence-electron chi connectivity index (χ0n) is 12.3. The van der Waals surface area contributed by atoms with Gasteiger partial charge in [-0.15, -0.1) is 0 Å². The van der Waals surface area contributed by atoms with Gasteiger partial charge in [0, 0.05) is 13.0 Å². The van der Waals surface area contributed by atoms with Gasteiger partial charge in [-0.2, -0.15) is 0 Å². The Bertz CT molecular complexity index is 456. The first-order chi connectivity index (χ1) is 9.36. The maximum Gasteiger partial charge on any atom is 0.310 e. The van der Waals surface area contributed by atoms with E-state index in [-0.39, 0.29) is 18.2 Å². The summed E-state index contributed by atoms with van der Waals surface area (Å²) >= 11 is 0. The predicted molar refractivity (Wildman–Crippen MR) is 78.4 cm³/mol. The summed E-state index contributed by atoms with van der Waals surface area (Å²) in [5.41, 5.74) is 0.134. The number of carboxylic acids is 1. The first-order valence-corrected chi connectivity index (χ1v) is 6.90. The second-order valence-corrected chi connectivity index (χ2v) is 5.64. The van der Waals surface area contributed by atoms with Crippen LogP contribution in [0.25, 0.3) is 0 Å². The second-order valence-electron chi connectivity index (χ2n) is 5.64. The van der Waals surface area contributed by atoms with E-state index in [0.717, 1.165) is 12.0 Å². The molecule has 0 saturated heterocycles. The lowest BCUT2D eigenvalue weighted by Gasteiger charge is -2.28. The lowest BCUT2D eigenvalue weighted by atomic mass is 9.76. The Morgan fingerprint density at radius 2 is 1.85 bits per heavy atom. The molecular formula is C16H23NO3. The topological polar surface area (TPSA) is 66.4 Å². The Hall–Kier alpha value is -1.84. The summed E-state index contributed by atoms with van der Waals surface area (Å²) in [6.45, 7) is 5.80. The number of carbonyl (C=O) groups excluding carboxylic acids is 1. The molecule has 1 aromatic carbocycles. The van der Waals surface area contributed by atoms with Crippen molar-refractivity contribution in [3.63, 3.8) is 0 Å². The molecule has 4 nitrogen and oxygen atoms in total. The minimum atomic E-state index is -1.02. The van der Waals surface area contributed by atoms with Crippen LogP contribution in [0.2, 0.25) is 0 Å². The number of nitrogens with one attached hydrogen (secondary N) is 1. The minimum absolute atomic E-state index is 0.00872. The minimum Gasteiger partial charge on any atom is -0.481 e. The number of aliphatic carboxylic acids is 1. The van der Waals surface area contributed by atoms with E-state index in [4.69, 9.17) is 0 Å². The van der Waals surface area contributed by atoms with Crippen LogP contribution in [0.4, 0.5) is 0 Å². The van der Waals surface area contributed by atoms with E-state index in [1.165, 1.54) is 0 Å². The third-order valence-corrected chi connectivity index (χ3v) is 3.87. The van der Waals surface area contributed by atoms with Crippen molar-refractivity contribution in [2.45, 2.75) is 33.6 Å². The fraction of sp³-hybridized carbons (Fsp3) is 0.500. The summed E-state index contributed by atoms with van der Waals surface area (Å²) in [5.74, 6) is -1.23. The van der Waals surface area contributed by atoms with Crippen molar-refractivity contribution in [3.05, 3.63) is 35.9 Å². The molecule has 0 fully saturated rings. The predicted octanol–water partition coefficient (Wildman–Crippen LogP) is 2.48. The van der Waals surface area contributed by atoms with Crippen LogP contribution in [-0.4, -0.2) is 23.5 Å². The van der Waals surface area contributed by atoms with Gasteiger partial charge in [0.25, 0.3) is 0 Å². The van der Waals surface area contributed by atoms with Crippen LogP contribution in [0, 0.1) is 11.3 Å². The summed E-state index contributed by atoms with van der Waals surface area (Å²) in [5, 5.41) is 12.1. The van der Waals surface area contributed by atoms with Crippen molar-refractivity contribution in [2.24, 2.45) is 11.3 Å². The number of rotatable bonds is 7. The van der Waals surface area contributed by atoms with Crippen LogP contribution in [0.1, 0.15) is 32.8 Å². The van der Waals surface area contributed by atoms with Gasteiger partial charge in [0.15, 0.2) is 0 Å². The van der Waals surface area contributed by atoms with Gasteiger partial charge >= 0.3 is 5.97 Å². The Kier molecular flexibility index (Phi) is 5.74. The molecule has 2 N–H and O–H groups in total. The highest BCUT2D eigenvalue weighted by Gasteiger charge is 2.38. The molecule has 4 heteroatoms. The largest absolute Gasteiger partial charge is 0.481 e. The molecule has 1 rings (SSSR count). The van der Waals surface area contributed by atoms with E-state index >= 15 is 0 Å². The molecular weight excluding hydrogens is 254 g/mol. The van der Waals surface area contributed by atoms with Crippen LogP contribution in [-0.2, 0) is 16.0 Å². The molecule has 20 heavy (non-hydrogen) atoms. The first-order valence-electron chi connectivity index (χ1n) is 6.90. The Labute approximate surface area is 120 Å². The van der Waals surface area contributed by atoms with Crippen LogP contribution in [0.15, 0.2) is 30.3 Å². The highest BCUT2D eigenvalue weighted by Crippen LogP contribution is 2.31. The first kappa shape index (κ1) is 16.2. The monoisotopic (exact) mass is 277 g/mol. The number of amides is 1. The van der Waals surface area contributed by atoms with Crippen LogP contribution < -0.4 is 5.32 Å². The molecule has 1 aromatic rings. The summed E-state index contributed by atoms with van der Waals surface area (Å²) in [4.78, 5) is 23.2. The maximum atomic E-state index is 11.9. The summed E-state index contributed by atoms with van der Waals surface area (Å²) in [6, 6.07) is 9.86. The molecule has 1 unspecified atom stereocenters. The van der Waals surface area contributed by atoms with Gasteiger partial charge in [-0.05, 0) is 24.8 Å². The fourth-order valence-corrected chi connectivity index (χ4v) is 1.91. The van der Waals surface area contributed by atoms with Crippen molar-refractivity contribution >= 4 is 11.9 Å². The van der Waals surface area contributed by atoms with E-state index in [0.29, 0.717) is 6.54 Å². The second kappa shape index (κ2) is 7.08. The Balaban J connectivity index is 2.45. The standard InChI is InChI=1S/C16H23NO3/c1-12(2)16(3,15(19)20)11-14(18)17-10-9-13-7-5-4-6-8-13/h4-8,12H,9-11H2,1-3H3,(H,17,18)(H,19,20). The van der Waals surface area contributed by atoms with E-state index in [9.17, 15) is 14.7 Å². The molecule has 0 bridgehead atoms. The number of benzene rings is 1. The van der Waals surface area contributed by atoms with Crippen molar-refractivity contribution in [2.75, 3.05) is 6.54 Å². The molecule has 0 aliphatic heterocycles. The summed E-state index contributed by atoms with van der Waals surface area (Å²) in [6.07, 6.45) is 0.757. The normalized spacial score (nSPS) is 13.8. The molecule has 0 saturated carbocycles. The molecule has 0 spiro atoms. The molecule has 1 atom stereocenters. The smallest absolute Gasteiger partial charge is 0.310 e. The number of carboxylic acid groups (broad SMARTS) is 1. The Morgan fingerprint density at radius 1 is 1.25 bits per heavy atom. The highest BCUT2D eigenvalue weighted by atomic mass is 16.4. The third kappa shape index (κ3) is 4.37. The summed E-state index contributed by atoms with van der Waals surface area (Å²) in [7, 11) is 0. The van der Waals surface area contributed by atoms with Gasteiger partial charge in [0.05, 0.1) is 5.41 Å². The summed E-state index contributed by atoms with van der Waals surface area (Å²) < 4.78 is 0. The lowest BCUT2D eigenvalue weighted by Crippen LogP contribution is -2.39. The fourth-order valence-electron chi connectivity index (χ4n) is 1.91. The van der Waals surface area contributed by atoms with E-state index in [1.807, 2.05) is 44.2 Å². The van der Waals surface area contributed by atoms with Crippen molar-refractivity contribution in [3.8, 4) is 0 Å². The Morgan fingerprint density at radius 3 is 2.35 bits per heavy atom. The van der Waals surface area contributed by atoms with Crippen molar-refractivity contribution in [1.29, 1.82) is 0 Å². The quantitative estimate of drug-likeness (QED) is 0.804. The average molecular weight is 277 g/mol. The molecule has 0 radical (unpaired) electrons. The van der Waals surface area contributed by atoms with Crippen LogP contribution in [0.5, 0.6) is 0 Å². The van der Waals surface area contributed by atoms with E-state index in [2.05, 4.69) is 5.32 Å². The van der Waals surface area contributed by atoms with Crippen LogP contribution in [0.3, 0.4) is 0 Å². The average Bonchev–Trinajstić information content (AvgIpc) is 2.39. The molecule has 110 valence electrons. The highest BCUT2D eigenvalue weighted by molar-refractivity contribution is 5.84. The molecule has 0 aliphatic rings. The molecule has 1 amide bonds. The van der Waals surface area contributed by atoms with Crippen molar-refractivity contribution < 1.29 is 14.7 Å². The SMILES string of the molecule is CC(C)C(C)(CC(=O)NCCc1ccccc1)C(=O)O. The van der Waals surface area contributed by atoms with Gasteiger partial charge in [0.1, 0.15) is 0 Å². The van der Waals surface area contributed by atoms with Gasteiger partial charge in [-0.3, -0.25) is 9.59 Å². The zero-order valence-corrected chi connectivity index (χ0v) is 12.3. The van der Waals surface area contributed by atoms with Gasteiger partial charge in [0.2, 0.25) is 5.91 Å². The number of carbonyl (C=O) groups is 2. The number of hydrogen-bond donors (Lipinski definition) is 2. The molecule has 0 aromatic heterocycles. The van der Waals surface area contributed by atoms with E-state index in [1.54, 1.807) is 6.92 Å². The molecule has 0 aliphatic carbocycles.